The molecule has 0 radical (unpaired) electrons. The quantitative estimate of drug-likeness (QED) is 0.829. The zero-order chi connectivity index (χ0) is 16.2. The van der Waals surface area contributed by atoms with Gasteiger partial charge in [-0.05, 0) is 30.7 Å². The minimum Gasteiger partial charge on any atom is -0.493 e. The van der Waals surface area contributed by atoms with Crippen molar-refractivity contribution in [1.82, 2.24) is 4.90 Å². The number of nitrogens with zero attached hydrogens (tertiary/aromatic N) is 1. The summed E-state index contributed by atoms with van der Waals surface area (Å²) in [6.45, 7) is 2.91. The van der Waals surface area contributed by atoms with Crippen LogP contribution in [0.3, 0.4) is 0 Å². The molecule has 0 saturated carbocycles. The molecule has 1 atom stereocenters. The molecule has 5 heteroatoms. The first kappa shape index (κ1) is 15.9. The highest BCUT2D eigenvalue weighted by molar-refractivity contribution is 8.00. The first-order valence-electron chi connectivity index (χ1n) is 7.56. The minimum absolute atomic E-state index is 0.0653. The smallest absolute Gasteiger partial charge is 0.234 e. The van der Waals surface area contributed by atoms with Crippen molar-refractivity contribution in [3.63, 3.8) is 0 Å². The first-order valence-corrected chi connectivity index (χ1v) is 8.61. The van der Waals surface area contributed by atoms with E-state index in [2.05, 4.69) is 0 Å². The van der Waals surface area contributed by atoms with Crippen LogP contribution < -0.4 is 4.74 Å². The van der Waals surface area contributed by atoms with Gasteiger partial charge in [0.2, 0.25) is 5.91 Å². The molecule has 0 bridgehead atoms. The van der Waals surface area contributed by atoms with Gasteiger partial charge in [0.15, 0.2) is 0 Å². The van der Waals surface area contributed by atoms with Crippen LogP contribution in [0.2, 0.25) is 0 Å². The number of rotatable bonds is 5. The summed E-state index contributed by atoms with van der Waals surface area (Å²) >= 11 is 1.58. The Morgan fingerprint density at radius 1 is 1.26 bits per heavy atom. The Kier molecular flexibility index (Phi) is 4.86. The van der Waals surface area contributed by atoms with Gasteiger partial charge in [0.25, 0.3) is 0 Å². The topological polar surface area (TPSA) is 29.5 Å². The van der Waals surface area contributed by atoms with E-state index in [4.69, 9.17) is 4.74 Å². The van der Waals surface area contributed by atoms with Crippen LogP contribution in [-0.4, -0.2) is 23.2 Å². The Labute approximate surface area is 139 Å². The summed E-state index contributed by atoms with van der Waals surface area (Å²) in [7, 11) is 0. The molecule has 1 fully saturated rings. The molecule has 2 aromatic carbocycles. The van der Waals surface area contributed by atoms with Crippen LogP contribution in [0.1, 0.15) is 23.4 Å². The van der Waals surface area contributed by atoms with Crippen molar-refractivity contribution in [2.24, 2.45) is 0 Å². The lowest BCUT2D eigenvalue weighted by Crippen LogP contribution is -2.28. The maximum absolute atomic E-state index is 13.4. The van der Waals surface area contributed by atoms with Crippen molar-refractivity contribution in [1.29, 1.82) is 0 Å². The summed E-state index contributed by atoms with van der Waals surface area (Å²) in [5.74, 6) is 1.01. The van der Waals surface area contributed by atoms with Gasteiger partial charge < -0.3 is 9.64 Å². The average Bonchev–Trinajstić information content (AvgIpc) is 2.89. The fourth-order valence-electron chi connectivity index (χ4n) is 2.69. The van der Waals surface area contributed by atoms with Gasteiger partial charge in [-0.25, -0.2) is 4.39 Å². The second-order valence-corrected chi connectivity index (χ2v) is 6.35. The number of para-hydroxylation sites is 1. The molecule has 0 N–H and O–H groups in total. The fraction of sp³-hybridized carbons (Fsp3) is 0.278. The van der Waals surface area contributed by atoms with Crippen LogP contribution in [0, 0.1) is 5.82 Å². The zero-order valence-electron chi connectivity index (χ0n) is 12.9. The van der Waals surface area contributed by atoms with E-state index >= 15 is 0 Å². The Bertz CT molecular complexity index is 707. The lowest BCUT2D eigenvalue weighted by Gasteiger charge is -2.26. The molecule has 23 heavy (non-hydrogen) atoms. The van der Waals surface area contributed by atoms with Crippen LogP contribution in [0.25, 0.3) is 0 Å². The van der Waals surface area contributed by atoms with Gasteiger partial charge in [-0.15, -0.1) is 11.8 Å². The summed E-state index contributed by atoms with van der Waals surface area (Å²) in [6.07, 6.45) is 0. The van der Waals surface area contributed by atoms with Crippen molar-refractivity contribution in [2.75, 3.05) is 12.4 Å². The summed E-state index contributed by atoms with van der Waals surface area (Å²) in [4.78, 5) is 14.1. The second kappa shape index (κ2) is 7.04. The molecule has 0 aromatic heterocycles. The molecule has 0 aliphatic carbocycles. The van der Waals surface area contributed by atoms with Crippen molar-refractivity contribution in [2.45, 2.75) is 18.8 Å². The third kappa shape index (κ3) is 3.50. The molecule has 1 aliphatic heterocycles. The summed E-state index contributed by atoms with van der Waals surface area (Å²) in [6, 6.07) is 14.2. The van der Waals surface area contributed by atoms with E-state index in [1.165, 1.54) is 12.1 Å². The molecule has 0 spiro atoms. The fourth-order valence-corrected chi connectivity index (χ4v) is 3.90. The molecule has 3 rings (SSSR count). The van der Waals surface area contributed by atoms with Crippen LogP contribution >= 0.6 is 11.8 Å². The number of halogens is 1. The van der Waals surface area contributed by atoms with Crippen LogP contribution in [-0.2, 0) is 11.3 Å². The van der Waals surface area contributed by atoms with E-state index in [-0.39, 0.29) is 17.1 Å². The maximum atomic E-state index is 13.4. The van der Waals surface area contributed by atoms with Gasteiger partial charge in [-0.2, -0.15) is 0 Å². The van der Waals surface area contributed by atoms with E-state index in [1.807, 2.05) is 37.3 Å². The highest BCUT2D eigenvalue weighted by atomic mass is 32.2. The minimum atomic E-state index is -0.284. The SMILES string of the molecule is CCOc1ccccc1C1SCC(=O)N1Cc1cccc(F)c1. The Hall–Kier alpha value is -2.01. The molecule has 120 valence electrons. The van der Waals surface area contributed by atoms with Crippen LogP contribution in [0.15, 0.2) is 48.5 Å². The lowest BCUT2D eigenvalue weighted by molar-refractivity contribution is -0.128. The predicted octanol–water partition coefficient (Wildman–Crippen LogP) is 4.00. The monoisotopic (exact) mass is 331 g/mol. The molecule has 1 saturated heterocycles. The summed E-state index contributed by atoms with van der Waals surface area (Å²) in [5.41, 5.74) is 1.78. The number of carbonyl (C=O) groups excluding carboxylic acids is 1. The number of benzene rings is 2. The molecular weight excluding hydrogens is 313 g/mol. The Balaban J connectivity index is 1.88. The number of ether oxygens (including phenoxy) is 1. The highest BCUT2D eigenvalue weighted by Gasteiger charge is 2.34. The third-order valence-electron chi connectivity index (χ3n) is 3.69. The first-order chi connectivity index (χ1) is 11.2. The van der Waals surface area contributed by atoms with E-state index in [1.54, 1.807) is 22.7 Å². The number of carbonyl (C=O) groups is 1. The van der Waals surface area contributed by atoms with E-state index in [0.29, 0.717) is 18.9 Å². The van der Waals surface area contributed by atoms with Crippen molar-refractivity contribution < 1.29 is 13.9 Å². The molecule has 1 aliphatic rings. The molecule has 1 heterocycles. The molecule has 3 nitrogen and oxygen atoms in total. The normalized spacial score (nSPS) is 17.6. The van der Waals surface area contributed by atoms with Crippen LogP contribution in [0.5, 0.6) is 5.75 Å². The molecular formula is C18H18FNO2S. The maximum Gasteiger partial charge on any atom is 0.234 e. The largest absolute Gasteiger partial charge is 0.493 e. The Morgan fingerprint density at radius 2 is 2.09 bits per heavy atom. The molecule has 2 aromatic rings. The van der Waals surface area contributed by atoms with Crippen molar-refractivity contribution in [3.05, 3.63) is 65.5 Å². The summed E-state index contributed by atoms with van der Waals surface area (Å²) in [5, 5.41) is -0.103. The lowest BCUT2D eigenvalue weighted by atomic mass is 10.1. The standard InChI is InChI=1S/C18H18FNO2S/c1-2-22-16-9-4-3-8-15(16)18-20(17(21)12-23-18)11-13-6-5-7-14(19)10-13/h3-10,18H,2,11-12H2,1H3. The van der Waals surface area contributed by atoms with E-state index < -0.39 is 0 Å². The zero-order valence-corrected chi connectivity index (χ0v) is 13.7. The third-order valence-corrected chi connectivity index (χ3v) is 4.93. The van der Waals surface area contributed by atoms with Gasteiger partial charge in [0.1, 0.15) is 16.9 Å². The molecule has 1 amide bonds. The van der Waals surface area contributed by atoms with Gasteiger partial charge in [-0.1, -0.05) is 30.3 Å². The summed E-state index contributed by atoms with van der Waals surface area (Å²) < 4.78 is 19.1. The van der Waals surface area contributed by atoms with Crippen molar-refractivity contribution >= 4 is 17.7 Å². The highest BCUT2D eigenvalue weighted by Crippen LogP contribution is 2.43. The predicted molar refractivity (Wildman–Crippen MR) is 89.8 cm³/mol. The number of amides is 1. The number of hydrogen-bond donors (Lipinski definition) is 0. The van der Waals surface area contributed by atoms with Gasteiger partial charge in [0, 0.05) is 12.1 Å². The number of hydrogen-bond acceptors (Lipinski definition) is 3. The van der Waals surface area contributed by atoms with Crippen LogP contribution in [0.4, 0.5) is 4.39 Å². The second-order valence-electron chi connectivity index (χ2n) is 5.29. The van der Waals surface area contributed by atoms with E-state index in [9.17, 15) is 9.18 Å². The number of thioether (sulfide) groups is 1. The Morgan fingerprint density at radius 3 is 2.87 bits per heavy atom. The average molecular weight is 331 g/mol. The van der Waals surface area contributed by atoms with Gasteiger partial charge in [0.05, 0.1) is 12.4 Å². The van der Waals surface area contributed by atoms with Crippen molar-refractivity contribution in [3.8, 4) is 5.75 Å². The van der Waals surface area contributed by atoms with E-state index in [0.717, 1.165) is 16.9 Å². The van der Waals surface area contributed by atoms with Gasteiger partial charge in [-0.3, -0.25) is 4.79 Å². The van der Waals surface area contributed by atoms with Gasteiger partial charge >= 0.3 is 0 Å². The molecule has 1 unspecified atom stereocenters.